The Kier molecular flexibility index (Phi) is 7.56. The van der Waals surface area contributed by atoms with Gasteiger partial charge in [0.15, 0.2) is 0 Å². The third-order valence-electron chi connectivity index (χ3n) is 5.38. The molecule has 9 nitrogen and oxygen atoms in total. The molecular weight excluding hydrogens is 414 g/mol. The molecule has 3 N–H and O–H groups in total. The number of benzene rings is 2. The van der Waals surface area contributed by atoms with Crippen LogP contribution in [0.3, 0.4) is 0 Å². The van der Waals surface area contributed by atoms with E-state index in [0.717, 1.165) is 11.1 Å². The van der Waals surface area contributed by atoms with Gasteiger partial charge in [0.1, 0.15) is 12.6 Å². The molecule has 0 saturated carbocycles. The number of aliphatic carboxylic acids is 1. The van der Waals surface area contributed by atoms with Crippen molar-refractivity contribution in [1.82, 2.24) is 10.4 Å². The maximum absolute atomic E-state index is 13.2. The number of nitrogens with one attached hydrogen (secondary N) is 1. The lowest BCUT2D eigenvalue weighted by Gasteiger charge is -2.26. The average molecular weight is 439 g/mol. The number of aryl methyl sites for hydroxylation is 1. The topological polar surface area (TPSA) is 127 Å². The van der Waals surface area contributed by atoms with Crippen molar-refractivity contribution in [3.63, 3.8) is 0 Å². The summed E-state index contributed by atoms with van der Waals surface area (Å²) in [5, 5.41) is 22.1. The number of carbonyl (C=O) groups is 4. The number of amides is 3. The number of carboxylic acids is 1. The van der Waals surface area contributed by atoms with E-state index in [0.29, 0.717) is 23.6 Å². The Balaban J connectivity index is 1.81. The lowest BCUT2D eigenvalue weighted by atomic mass is 9.97. The second kappa shape index (κ2) is 10.5. The van der Waals surface area contributed by atoms with E-state index in [9.17, 15) is 29.5 Å². The van der Waals surface area contributed by atoms with Crippen LogP contribution in [-0.4, -0.2) is 58.7 Å². The Hall–Kier alpha value is -3.72. The summed E-state index contributed by atoms with van der Waals surface area (Å²) in [6.07, 6.45) is 1.24. The largest absolute Gasteiger partial charge is 0.480 e. The fourth-order valence-corrected chi connectivity index (χ4v) is 3.85. The van der Waals surface area contributed by atoms with Crippen LogP contribution in [-0.2, 0) is 32.0 Å². The maximum atomic E-state index is 13.2. The number of hydrogen-bond acceptors (Lipinski definition) is 5. The van der Waals surface area contributed by atoms with Crippen molar-refractivity contribution in [2.24, 2.45) is 5.92 Å². The normalized spacial score (nSPS) is 16.5. The van der Waals surface area contributed by atoms with Crippen LogP contribution < -0.4 is 10.2 Å². The van der Waals surface area contributed by atoms with Gasteiger partial charge in [0.25, 0.3) is 0 Å². The van der Waals surface area contributed by atoms with Gasteiger partial charge in [-0.1, -0.05) is 48.5 Å². The van der Waals surface area contributed by atoms with Crippen molar-refractivity contribution in [2.45, 2.75) is 25.3 Å². The first-order valence-corrected chi connectivity index (χ1v) is 10.2. The molecular formula is C23H25N3O6. The number of fused-ring (bicyclic) bond motifs is 1. The number of carbonyl (C=O) groups excluding carboxylic acids is 3. The van der Waals surface area contributed by atoms with Crippen LogP contribution in [0.4, 0.5) is 5.69 Å². The van der Waals surface area contributed by atoms with Crippen molar-refractivity contribution in [3.05, 3.63) is 65.7 Å². The third-order valence-corrected chi connectivity index (χ3v) is 5.38. The van der Waals surface area contributed by atoms with Crippen LogP contribution in [0.25, 0.3) is 0 Å². The first-order valence-electron chi connectivity index (χ1n) is 10.2. The Morgan fingerprint density at radius 1 is 1.16 bits per heavy atom. The highest BCUT2D eigenvalue weighted by Gasteiger charge is 2.34. The monoisotopic (exact) mass is 439 g/mol. The second-order valence-corrected chi connectivity index (χ2v) is 7.66. The number of hydrogen-bond donors (Lipinski definition) is 3. The number of carboxylic acid groups (broad SMARTS) is 1. The van der Waals surface area contributed by atoms with Crippen LogP contribution in [0.2, 0.25) is 0 Å². The highest BCUT2D eigenvalue weighted by atomic mass is 16.5. The second-order valence-electron chi connectivity index (χ2n) is 7.66. The first kappa shape index (κ1) is 23.0. The molecule has 168 valence electrons. The Labute approximate surface area is 185 Å². The van der Waals surface area contributed by atoms with Crippen molar-refractivity contribution in [2.75, 3.05) is 18.0 Å². The van der Waals surface area contributed by atoms with Gasteiger partial charge in [-0.15, -0.1) is 0 Å². The molecule has 0 aromatic heterocycles. The summed E-state index contributed by atoms with van der Waals surface area (Å²) in [4.78, 5) is 49.7. The fourth-order valence-electron chi connectivity index (χ4n) is 3.85. The molecule has 3 rings (SSSR count). The summed E-state index contributed by atoms with van der Waals surface area (Å²) in [6, 6.07) is 15.2. The molecule has 1 heterocycles. The molecule has 1 aliphatic heterocycles. The van der Waals surface area contributed by atoms with Gasteiger partial charge in [-0.3, -0.25) is 29.3 Å². The van der Waals surface area contributed by atoms with Crippen LogP contribution in [0.1, 0.15) is 17.5 Å². The predicted octanol–water partition coefficient (Wildman–Crippen LogP) is 1.24. The molecule has 2 aromatic rings. The molecule has 2 aromatic carbocycles. The molecule has 3 amide bonds. The van der Waals surface area contributed by atoms with Crippen molar-refractivity contribution >= 4 is 29.9 Å². The Bertz CT molecular complexity index is 981. The molecule has 0 bridgehead atoms. The summed E-state index contributed by atoms with van der Waals surface area (Å²) in [5.74, 6) is -2.99. The minimum absolute atomic E-state index is 0.216. The predicted molar refractivity (Wildman–Crippen MR) is 115 cm³/mol. The molecule has 0 radical (unpaired) electrons. The zero-order valence-corrected chi connectivity index (χ0v) is 17.4. The lowest BCUT2D eigenvalue weighted by molar-refractivity contribution is -0.154. The molecule has 2 atom stereocenters. The van der Waals surface area contributed by atoms with E-state index in [1.165, 1.54) is 4.90 Å². The van der Waals surface area contributed by atoms with Gasteiger partial charge in [0, 0.05) is 5.69 Å². The summed E-state index contributed by atoms with van der Waals surface area (Å²) >= 11 is 0. The van der Waals surface area contributed by atoms with Gasteiger partial charge in [0.2, 0.25) is 18.2 Å². The van der Waals surface area contributed by atoms with Crippen molar-refractivity contribution < 1.29 is 29.5 Å². The van der Waals surface area contributed by atoms with Crippen LogP contribution in [0.5, 0.6) is 0 Å². The number of hydroxylamine groups is 2. The van der Waals surface area contributed by atoms with Crippen LogP contribution in [0, 0.1) is 5.92 Å². The summed E-state index contributed by atoms with van der Waals surface area (Å²) in [6.45, 7) is -0.768. The van der Waals surface area contributed by atoms with E-state index in [1.807, 2.05) is 42.5 Å². The van der Waals surface area contributed by atoms with Gasteiger partial charge < -0.3 is 10.4 Å². The van der Waals surface area contributed by atoms with Crippen molar-refractivity contribution in [3.8, 4) is 0 Å². The van der Waals surface area contributed by atoms with Crippen LogP contribution >= 0.6 is 0 Å². The van der Waals surface area contributed by atoms with E-state index in [-0.39, 0.29) is 19.4 Å². The highest BCUT2D eigenvalue weighted by molar-refractivity contribution is 6.03. The zero-order valence-electron chi connectivity index (χ0n) is 17.4. The number of nitrogens with zero attached hydrogens (tertiary/aromatic N) is 2. The smallest absolute Gasteiger partial charge is 0.323 e. The molecule has 0 spiro atoms. The Morgan fingerprint density at radius 2 is 1.84 bits per heavy atom. The first-order chi connectivity index (χ1) is 15.4. The van der Waals surface area contributed by atoms with E-state index in [4.69, 9.17) is 0 Å². The third kappa shape index (κ3) is 5.70. The molecule has 0 unspecified atom stereocenters. The van der Waals surface area contributed by atoms with Gasteiger partial charge in [-0.05, 0) is 36.5 Å². The number of rotatable bonds is 9. The van der Waals surface area contributed by atoms with Crippen LogP contribution in [0.15, 0.2) is 54.6 Å². The average Bonchev–Trinajstić information content (AvgIpc) is 2.91. The number of para-hydroxylation sites is 1. The molecule has 0 aliphatic carbocycles. The number of anilines is 1. The lowest BCUT2D eigenvalue weighted by Crippen LogP contribution is -2.51. The highest BCUT2D eigenvalue weighted by Crippen LogP contribution is 2.27. The van der Waals surface area contributed by atoms with E-state index in [1.54, 1.807) is 12.1 Å². The van der Waals surface area contributed by atoms with E-state index < -0.39 is 36.3 Å². The molecule has 0 fully saturated rings. The summed E-state index contributed by atoms with van der Waals surface area (Å²) in [5.41, 5.74) is 2.17. The minimum atomic E-state index is -1.16. The molecule has 32 heavy (non-hydrogen) atoms. The summed E-state index contributed by atoms with van der Waals surface area (Å²) < 4.78 is 0. The van der Waals surface area contributed by atoms with Gasteiger partial charge in [-0.25, -0.2) is 5.06 Å². The van der Waals surface area contributed by atoms with Gasteiger partial charge in [-0.2, -0.15) is 0 Å². The molecule has 9 heteroatoms. The van der Waals surface area contributed by atoms with Gasteiger partial charge >= 0.3 is 5.97 Å². The molecule has 0 saturated heterocycles. The summed E-state index contributed by atoms with van der Waals surface area (Å²) in [7, 11) is 0. The minimum Gasteiger partial charge on any atom is -0.480 e. The zero-order chi connectivity index (χ0) is 23.1. The van der Waals surface area contributed by atoms with Gasteiger partial charge in [0.05, 0.1) is 12.5 Å². The maximum Gasteiger partial charge on any atom is 0.323 e. The standard InChI is InChI=1S/C23H25N3O6/c27-15-25(32)13-18(12-16-6-2-1-3-7-16)22(30)24-19-11-10-17-8-4-5-9-20(17)26(23(19)31)14-21(28)29/h1-9,15,18-19,32H,10-14H2,(H,24,30)(H,28,29)/t18-,19+/m0/s1. The fraction of sp³-hybridized carbons (Fsp3) is 0.304. The quantitative estimate of drug-likeness (QED) is 0.307. The molecule has 1 aliphatic rings. The SMILES string of the molecule is O=CN(O)C[C@H](Cc1ccccc1)C(=O)N[C@@H]1CCc2ccccc2N(CC(=O)O)C1=O. The van der Waals surface area contributed by atoms with E-state index in [2.05, 4.69) is 5.32 Å². The van der Waals surface area contributed by atoms with E-state index >= 15 is 0 Å². The Morgan fingerprint density at radius 3 is 2.53 bits per heavy atom. The van der Waals surface area contributed by atoms with Crippen molar-refractivity contribution in [1.29, 1.82) is 0 Å².